The second kappa shape index (κ2) is 9.79. The zero-order valence-corrected chi connectivity index (χ0v) is 16.2. The molecule has 0 aliphatic heterocycles. The maximum Gasteiger partial charge on any atom is 0.230 e. The number of hydrogen-bond acceptors (Lipinski definition) is 5. The van der Waals surface area contributed by atoms with Crippen molar-refractivity contribution in [2.75, 3.05) is 25.5 Å². The van der Waals surface area contributed by atoms with E-state index in [1.54, 1.807) is 6.33 Å². The van der Waals surface area contributed by atoms with E-state index >= 15 is 0 Å². The minimum atomic E-state index is -0.0605. The van der Waals surface area contributed by atoms with Gasteiger partial charge in [-0.2, -0.15) is 0 Å². The maximum atomic E-state index is 11.9. The molecule has 0 aliphatic rings. The Labute approximate surface area is 157 Å². The molecule has 0 unspecified atom stereocenters. The molecule has 8 heteroatoms. The highest BCUT2D eigenvalue weighted by molar-refractivity contribution is 7.99. The summed E-state index contributed by atoms with van der Waals surface area (Å²) in [4.78, 5) is 11.9. The number of nitrogens with zero attached hydrogens (tertiary/aromatic N) is 3. The van der Waals surface area contributed by atoms with Crippen LogP contribution in [0.2, 0.25) is 5.02 Å². The number of amides is 1. The maximum absolute atomic E-state index is 11.9. The number of halogens is 1. The van der Waals surface area contributed by atoms with Crippen LogP contribution in [-0.4, -0.2) is 46.2 Å². The first-order chi connectivity index (χ1) is 12.0. The molecule has 0 atom stereocenters. The van der Waals surface area contributed by atoms with Gasteiger partial charge in [-0.1, -0.05) is 43.3 Å². The Morgan fingerprint density at radius 3 is 2.96 bits per heavy atom. The third-order valence-electron chi connectivity index (χ3n) is 3.30. The summed E-state index contributed by atoms with van der Waals surface area (Å²) in [7, 11) is 0. The van der Waals surface area contributed by atoms with Crippen LogP contribution in [0, 0.1) is 12.8 Å². The normalized spacial score (nSPS) is 11.1. The first kappa shape index (κ1) is 19.8. The predicted molar refractivity (Wildman–Crippen MR) is 100 cm³/mol. The molecule has 1 aromatic heterocycles. The molecule has 0 aliphatic carbocycles. The molecule has 0 bridgehead atoms. The standard InChI is InChI=1S/C17H23ClN4O2S/c1-12(2)9-24-7-6-19-16(23)10-25-17-21-20-11-22(17)14-5-4-13(3)15(18)8-14/h4-5,8,11-12H,6-7,9-10H2,1-3H3,(H,19,23). The van der Waals surface area contributed by atoms with Crippen molar-refractivity contribution in [3.05, 3.63) is 35.1 Å². The van der Waals surface area contributed by atoms with Crippen molar-refractivity contribution >= 4 is 29.3 Å². The number of aryl methyl sites for hydroxylation is 1. The molecule has 25 heavy (non-hydrogen) atoms. The number of rotatable bonds is 9. The van der Waals surface area contributed by atoms with E-state index in [9.17, 15) is 4.79 Å². The summed E-state index contributed by atoms with van der Waals surface area (Å²) < 4.78 is 7.25. The van der Waals surface area contributed by atoms with Gasteiger partial charge in [0, 0.05) is 18.2 Å². The summed E-state index contributed by atoms with van der Waals surface area (Å²) in [6.07, 6.45) is 1.61. The number of nitrogens with one attached hydrogen (secondary N) is 1. The summed E-state index contributed by atoms with van der Waals surface area (Å²) >= 11 is 7.50. The van der Waals surface area contributed by atoms with Crippen LogP contribution >= 0.6 is 23.4 Å². The van der Waals surface area contributed by atoms with Gasteiger partial charge in [0.1, 0.15) is 6.33 Å². The summed E-state index contributed by atoms with van der Waals surface area (Å²) in [5.41, 5.74) is 1.87. The molecule has 0 spiro atoms. The number of hydrogen-bond donors (Lipinski definition) is 1. The number of carbonyl (C=O) groups excluding carboxylic acids is 1. The van der Waals surface area contributed by atoms with Gasteiger partial charge in [0.25, 0.3) is 0 Å². The van der Waals surface area contributed by atoms with Crippen LogP contribution in [0.5, 0.6) is 0 Å². The number of benzene rings is 1. The molecule has 0 radical (unpaired) electrons. The lowest BCUT2D eigenvalue weighted by Gasteiger charge is -2.09. The third-order valence-corrected chi connectivity index (χ3v) is 4.65. The lowest BCUT2D eigenvalue weighted by Crippen LogP contribution is -2.29. The van der Waals surface area contributed by atoms with Crippen LogP contribution in [0.1, 0.15) is 19.4 Å². The van der Waals surface area contributed by atoms with Gasteiger partial charge in [-0.05, 0) is 30.5 Å². The van der Waals surface area contributed by atoms with Crippen molar-refractivity contribution in [1.29, 1.82) is 0 Å². The lowest BCUT2D eigenvalue weighted by atomic mass is 10.2. The van der Waals surface area contributed by atoms with Crippen LogP contribution in [-0.2, 0) is 9.53 Å². The quantitative estimate of drug-likeness (QED) is 0.533. The second-order valence-electron chi connectivity index (χ2n) is 6.02. The SMILES string of the molecule is Cc1ccc(-n2cnnc2SCC(=O)NCCOCC(C)C)cc1Cl. The van der Waals surface area contributed by atoms with Gasteiger partial charge >= 0.3 is 0 Å². The average Bonchev–Trinajstić information content (AvgIpc) is 3.03. The molecule has 0 saturated heterocycles. The zero-order valence-electron chi connectivity index (χ0n) is 14.7. The fraction of sp³-hybridized carbons (Fsp3) is 0.471. The van der Waals surface area contributed by atoms with Crippen molar-refractivity contribution in [2.45, 2.75) is 25.9 Å². The Morgan fingerprint density at radius 2 is 2.24 bits per heavy atom. The Bertz CT molecular complexity index is 706. The molecule has 1 heterocycles. The van der Waals surface area contributed by atoms with E-state index in [-0.39, 0.29) is 11.7 Å². The topological polar surface area (TPSA) is 69.0 Å². The van der Waals surface area contributed by atoms with E-state index in [0.717, 1.165) is 11.3 Å². The van der Waals surface area contributed by atoms with Gasteiger partial charge in [0.2, 0.25) is 5.91 Å². The molecule has 1 amide bonds. The smallest absolute Gasteiger partial charge is 0.230 e. The molecule has 2 aromatic rings. The molecule has 0 saturated carbocycles. The van der Waals surface area contributed by atoms with Gasteiger partial charge in [0.15, 0.2) is 5.16 Å². The molecule has 1 aromatic carbocycles. The van der Waals surface area contributed by atoms with E-state index in [1.807, 2.05) is 29.7 Å². The lowest BCUT2D eigenvalue weighted by molar-refractivity contribution is -0.118. The van der Waals surface area contributed by atoms with Gasteiger partial charge in [-0.25, -0.2) is 0 Å². The van der Waals surface area contributed by atoms with Crippen LogP contribution in [0.15, 0.2) is 29.7 Å². The van der Waals surface area contributed by atoms with E-state index in [0.29, 0.717) is 35.9 Å². The molecule has 6 nitrogen and oxygen atoms in total. The van der Waals surface area contributed by atoms with Crippen LogP contribution < -0.4 is 5.32 Å². The summed E-state index contributed by atoms with van der Waals surface area (Å²) in [5, 5.41) is 12.2. The van der Waals surface area contributed by atoms with Crippen molar-refractivity contribution < 1.29 is 9.53 Å². The summed E-state index contributed by atoms with van der Waals surface area (Å²) in [6, 6.07) is 5.74. The first-order valence-corrected chi connectivity index (χ1v) is 9.47. The Morgan fingerprint density at radius 1 is 1.44 bits per heavy atom. The van der Waals surface area contributed by atoms with Crippen LogP contribution in [0.3, 0.4) is 0 Å². The highest BCUT2D eigenvalue weighted by Gasteiger charge is 2.11. The Hall–Kier alpha value is -1.57. The van der Waals surface area contributed by atoms with E-state index in [4.69, 9.17) is 16.3 Å². The number of aromatic nitrogens is 3. The Balaban J connectivity index is 1.83. The van der Waals surface area contributed by atoms with Crippen molar-refractivity contribution in [2.24, 2.45) is 5.92 Å². The highest BCUT2D eigenvalue weighted by atomic mass is 35.5. The fourth-order valence-corrected chi connectivity index (χ4v) is 2.93. The molecular formula is C17H23ClN4O2S. The average molecular weight is 383 g/mol. The van der Waals surface area contributed by atoms with Crippen molar-refractivity contribution in [1.82, 2.24) is 20.1 Å². The number of thioether (sulfide) groups is 1. The summed E-state index contributed by atoms with van der Waals surface area (Å²) in [5.74, 6) is 0.699. The second-order valence-corrected chi connectivity index (χ2v) is 7.37. The first-order valence-electron chi connectivity index (χ1n) is 8.11. The predicted octanol–water partition coefficient (Wildman–Crippen LogP) is 3.11. The minimum Gasteiger partial charge on any atom is -0.379 e. The largest absolute Gasteiger partial charge is 0.379 e. The molecule has 136 valence electrons. The fourth-order valence-electron chi connectivity index (χ4n) is 1.99. The molecule has 2 rings (SSSR count). The monoisotopic (exact) mass is 382 g/mol. The molecular weight excluding hydrogens is 360 g/mol. The third kappa shape index (κ3) is 6.34. The van der Waals surface area contributed by atoms with Crippen molar-refractivity contribution in [3.63, 3.8) is 0 Å². The molecule has 0 fully saturated rings. The number of ether oxygens (including phenoxy) is 1. The number of carbonyl (C=O) groups is 1. The zero-order chi connectivity index (χ0) is 18.2. The van der Waals surface area contributed by atoms with Crippen LogP contribution in [0.4, 0.5) is 0 Å². The van der Waals surface area contributed by atoms with Gasteiger partial charge in [-0.15, -0.1) is 10.2 Å². The minimum absolute atomic E-state index is 0.0605. The van der Waals surface area contributed by atoms with Gasteiger partial charge < -0.3 is 10.1 Å². The molecule has 1 N–H and O–H groups in total. The van der Waals surface area contributed by atoms with E-state index in [1.165, 1.54) is 11.8 Å². The van der Waals surface area contributed by atoms with E-state index < -0.39 is 0 Å². The van der Waals surface area contributed by atoms with Crippen molar-refractivity contribution in [3.8, 4) is 5.69 Å². The van der Waals surface area contributed by atoms with Crippen LogP contribution in [0.25, 0.3) is 5.69 Å². The van der Waals surface area contributed by atoms with Gasteiger partial charge in [-0.3, -0.25) is 9.36 Å². The van der Waals surface area contributed by atoms with E-state index in [2.05, 4.69) is 29.4 Å². The van der Waals surface area contributed by atoms with Gasteiger partial charge in [0.05, 0.1) is 18.0 Å². The Kier molecular flexibility index (Phi) is 7.74. The summed E-state index contributed by atoms with van der Waals surface area (Å²) in [6.45, 7) is 7.86. The highest BCUT2D eigenvalue weighted by Crippen LogP contribution is 2.23.